The van der Waals surface area contributed by atoms with Crippen LogP contribution in [0.3, 0.4) is 0 Å². The summed E-state index contributed by atoms with van der Waals surface area (Å²) in [5.41, 5.74) is 4.15. The molecule has 2 heterocycles. The summed E-state index contributed by atoms with van der Waals surface area (Å²) in [6.45, 7) is 1.66. The van der Waals surface area contributed by atoms with E-state index in [0.29, 0.717) is 11.4 Å². The zero-order valence-corrected chi connectivity index (χ0v) is 14.2. The number of hydrogen-bond donors (Lipinski definition) is 2. The summed E-state index contributed by atoms with van der Waals surface area (Å²) in [6.07, 6.45) is 0. The Labute approximate surface area is 145 Å². The van der Waals surface area contributed by atoms with Gasteiger partial charge < -0.3 is 5.73 Å². The summed E-state index contributed by atoms with van der Waals surface area (Å²) in [5.74, 6) is 0. The Morgan fingerprint density at radius 1 is 1.20 bits per heavy atom. The van der Waals surface area contributed by atoms with Gasteiger partial charge in [-0.05, 0) is 19.1 Å². The van der Waals surface area contributed by atoms with Gasteiger partial charge in [0.2, 0.25) is 0 Å². The van der Waals surface area contributed by atoms with E-state index in [0.717, 1.165) is 4.68 Å². The van der Waals surface area contributed by atoms with Crippen LogP contribution in [0, 0.1) is 6.92 Å². The molecule has 0 radical (unpaired) electrons. The van der Waals surface area contributed by atoms with E-state index >= 15 is 0 Å². The van der Waals surface area contributed by atoms with Crippen LogP contribution in [0.25, 0.3) is 11.4 Å². The first-order valence-corrected chi connectivity index (χ1v) is 7.61. The van der Waals surface area contributed by atoms with Gasteiger partial charge in [-0.15, -0.1) is 0 Å². The maximum atomic E-state index is 12.9. The number of nitrogens with two attached hydrogens (primary N) is 1. The fraction of sp³-hybridized carbons (Fsp3) is 0.133. The van der Waals surface area contributed by atoms with Gasteiger partial charge in [-0.2, -0.15) is 9.78 Å². The van der Waals surface area contributed by atoms with Crippen molar-refractivity contribution in [3.63, 3.8) is 0 Å². The van der Waals surface area contributed by atoms with Crippen LogP contribution < -0.4 is 22.5 Å². The minimum absolute atomic E-state index is 0.00473. The maximum Gasteiger partial charge on any atom is 0.349 e. The van der Waals surface area contributed by atoms with Gasteiger partial charge in [0.1, 0.15) is 4.99 Å². The second kappa shape index (κ2) is 5.98. The number of thiocarbonyl (C=S) groups is 1. The SMILES string of the molecule is Cc1c(-n2nc(C(N)=S)c(=O)[nH]c2=O)c(=O)n(-c2ccccc2)n1C. The number of nitrogens with one attached hydrogen (secondary N) is 1. The van der Waals surface area contributed by atoms with Crippen molar-refractivity contribution >= 4 is 17.2 Å². The number of H-pyrrole nitrogens is 1. The summed E-state index contributed by atoms with van der Waals surface area (Å²) in [6, 6.07) is 8.92. The largest absolute Gasteiger partial charge is 0.388 e. The highest BCUT2D eigenvalue weighted by Crippen LogP contribution is 2.11. The molecule has 3 N–H and O–H groups in total. The molecule has 9 nitrogen and oxygen atoms in total. The molecule has 0 aliphatic heterocycles. The summed E-state index contributed by atoms with van der Waals surface area (Å²) in [7, 11) is 1.68. The van der Waals surface area contributed by atoms with E-state index in [1.54, 1.807) is 42.9 Å². The third-order valence-electron chi connectivity index (χ3n) is 3.80. The Hall–Kier alpha value is -3.27. The quantitative estimate of drug-likeness (QED) is 0.601. The lowest BCUT2D eigenvalue weighted by Gasteiger charge is -2.07. The molecule has 0 saturated heterocycles. The lowest BCUT2D eigenvalue weighted by molar-refractivity contribution is 0.630. The van der Waals surface area contributed by atoms with Crippen LogP contribution in [-0.2, 0) is 7.05 Å². The van der Waals surface area contributed by atoms with E-state index in [1.165, 1.54) is 4.68 Å². The molecule has 0 amide bonds. The first kappa shape index (κ1) is 16.6. The lowest BCUT2D eigenvalue weighted by Crippen LogP contribution is -2.39. The first-order chi connectivity index (χ1) is 11.8. The molecule has 0 aliphatic rings. The van der Waals surface area contributed by atoms with E-state index < -0.39 is 16.8 Å². The van der Waals surface area contributed by atoms with E-state index in [9.17, 15) is 14.4 Å². The highest BCUT2D eigenvalue weighted by atomic mass is 32.1. The van der Waals surface area contributed by atoms with Crippen molar-refractivity contribution in [2.75, 3.05) is 0 Å². The van der Waals surface area contributed by atoms with Gasteiger partial charge >= 0.3 is 5.69 Å². The molecule has 0 bridgehead atoms. The van der Waals surface area contributed by atoms with Gasteiger partial charge in [0.05, 0.1) is 11.4 Å². The van der Waals surface area contributed by atoms with E-state index in [4.69, 9.17) is 18.0 Å². The van der Waals surface area contributed by atoms with Gasteiger partial charge in [-0.3, -0.25) is 19.3 Å². The average molecular weight is 358 g/mol. The molecule has 0 fully saturated rings. The Bertz CT molecular complexity index is 1150. The van der Waals surface area contributed by atoms with Crippen molar-refractivity contribution in [1.29, 1.82) is 0 Å². The molecular formula is C15H14N6O3S. The highest BCUT2D eigenvalue weighted by Gasteiger charge is 2.21. The van der Waals surface area contributed by atoms with Crippen LogP contribution in [0.4, 0.5) is 0 Å². The smallest absolute Gasteiger partial charge is 0.349 e. The number of para-hydroxylation sites is 1. The zero-order chi connectivity index (χ0) is 18.3. The fourth-order valence-corrected chi connectivity index (χ4v) is 2.64. The van der Waals surface area contributed by atoms with Gasteiger partial charge in [-0.1, -0.05) is 30.4 Å². The normalized spacial score (nSPS) is 10.8. The second-order valence-electron chi connectivity index (χ2n) is 5.29. The van der Waals surface area contributed by atoms with Crippen molar-refractivity contribution in [3.05, 3.63) is 72.9 Å². The van der Waals surface area contributed by atoms with Crippen LogP contribution in [0.5, 0.6) is 0 Å². The third-order valence-corrected chi connectivity index (χ3v) is 3.99. The molecule has 2 aromatic heterocycles. The topological polar surface area (TPSA) is 121 Å². The second-order valence-corrected chi connectivity index (χ2v) is 5.73. The van der Waals surface area contributed by atoms with Crippen LogP contribution in [-0.4, -0.2) is 29.1 Å². The molecule has 1 aromatic carbocycles. The van der Waals surface area contributed by atoms with Crippen molar-refractivity contribution < 1.29 is 0 Å². The van der Waals surface area contributed by atoms with Crippen LogP contribution in [0.1, 0.15) is 11.4 Å². The van der Waals surface area contributed by atoms with Gasteiger partial charge in [0.25, 0.3) is 11.1 Å². The molecule has 0 spiro atoms. The lowest BCUT2D eigenvalue weighted by atomic mass is 10.3. The van der Waals surface area contributed by atoms with E-state index in [1.807, 2.05) is 6.07 Å². The number of aromatic amines is 1. The fourth-order valence-electron chi connectivity index (χ4n) is 2.51. The van der Waals surface area contributed by atoms with E-state index in [2.05, 4.69) is 10.1 Å². The van der Waals surface area contributed by atoms with Gasteiger partial charge in [0, 0.05) is 7.05 Å². The maximum absolute atomic E-state index is 12.9. The summed E-state index contributed by atoms with van der Waals surface area (Å²) >= 11 is 4.77. The highest BCUT2D eigenvalue weighted by molar-refractivity contribution is 7.80. The van der Waals surface area contributed by atoms with Crippen LogP contribution in [0.15, 0.2) is 44.7 Å². The number of rotatable bonds is 3. The molecule has 0 unspecified atom stereocenters. The molecule has 3 rings (SSSR count). The van der Waals surface area contributed by atoms with E-state index in [-0.39, 0.29) is 16.4 Å². The number of benzene rings is 1. The summed E-state index contributed by atoms with van der Waals surface area (Å²) in [5, 5.41) is 3.88. The van der Waals surface area contributed by atoms with Crippen LogP contribution >= 0.6 is 12.2 Å². The Morgan fingerprint density at radius 2 is 1.84 bits per heavy atom. The molecule has 25 heavy (non-hydrogen) atoms. The molecule has 3 aromatic rings. The molecule has 10 heteroatoms. The molecule has 128 valence electrons. The van der Waals surface area contributed by atoms with Gasteiger partial charge in [0.15, 0.2) is 11.4 Å². The van der Waals surface area contributed by atoms with Crippen LogP contribution in [0.2, 0.25) is 0 Å². The minimum atomic E-state index is -0.851. The Balaban J connectivity index is 2.36. The minimum Gasteiger partial charge on any atom is -0.388 e. The third kappa shape index (κ3) is 2.62. The van der Waals surface area contributed by atoms with Crippen molar-refractivity contribution in [3.8, 4) is 11.4 Å². The van der Waals surface area contributed by atoms with Crippen molar-refractivity contribution in [2.45, 2.75) is 6.92 Å². The monoisotopic (exact) mass is 358 g/mol. The number of nitrogens with zero attached hydrogens (tertiary/aromatic N) is 4. The predicted molar refractivity (Wildman–Crippen MR) is 95.6 cm³/mol. The molecule has 0 atom stereocenters. The number of hydrogen-bond acceptors (Lipinski definition) is 5. The first-order valence-electron chi connectivity index (χ1n) is 7.20. The molecular weight excluding hydrogens is 344 g/mol. The number of aromatic nitrogens is 5. The van der Waals surface area contributed by atoms with Crippen molar-refractivity contribution in [1.82, 2.24) is 24.1 Å². The molecule has 0 aliphatic carbocycles. The Morgan fingerprint density at radius 3 is 2.44 bits per heavy atom. The predicted octanol–water partition coefficient (Wildman–Crippen LogP) is -0.647. The zero-order valence-electron chi connectivity index (χ0n) is 13.4. The summed E-state index contributed by atoms with van der Waals surface area (Å²) in [4.78, 5) is 38.6. The Kier molecular flexibility index (Phi) is 3.97. The standard InChI is InChI=1S/C15H14N6O3S/c1-8-11(20-15(24)17-13(22)10(18-20)12(16)25)14(23)21(19(8)2)9-6-4-3-5-7-9/h3-7H,1-2H3,(H2,16,25)(H,17,22,24). The summed E-state index contributed by atoms with van der Waals surface area (Å²) < 4.78 is 3.80. The van der Waals surface area contributed by atoms with Gasteiger partial charge in [-0.25, -0.2) is 9.48 Å². The molecule has 0 saturated carbocycles. The van der Waals surface area contributed by atoms with Crippen molar-refractivity contribution in [2.24, 2.45) is 12.8 Å². The average Bonchev–Trinajstić information content (AvgIpc) is 2.78.